The normalized spacial score (nSPS) is 12.4. The molecule has 0 fully saturated rings. The van der Waals surface area contributed by atoms with E-state index in [9.17, 15) is 0 Å². The van der Waals surface area contributed by atoms with Gasteiger partial charge in [-0.3, -0.25) is 0 Å². The van der Waals surface area contributed by atoms with E-state index in [4.69, 9.17) is 11.6 Å². The van der Waals surface area contributed by atoms with Crippen molar-refractivity contribution >= 4 is 27.5 Å². The number of hydrogen-bond acceptors (Lipinski definition) is 1. The molecule has 2 aromatic carbocycles. The van der Waals surface area contributed by atoms with Gasteiger partial charge in [0, 0.05) is 22.1 Å². The number of rotatable bonds is 4. The van der Waals surface area contributed by atoms with Crippen LogP contribution in [0, 0.1) is 0 Å². The molecule has 0 aliphatic carbocycles. The maximum absolute atomic E-state index is 6.13. The van der Waals surface area contributed by atoms with E-state index in [0.717, 1.165) is 21.6 Å². The fourth-order valence-electron chi connectivity index (χ4n) is 1.77. The summed E-state index contributed by atoms with van der Waals surface area (Å²) in [7, 11) is 0. The van der Waals surface area contributed by atoms with E-state index in [0.29, 0.717) is 6.04 Å². The van der Waals surface area contributed by atoms with Crippen LogP contribution in [0.5, 0.6) is 0 Å². The van der Waals surface area contributed by atoms with Crippen molar-refractivity contribution < 1.29 is 0 Å². The van der Waals surface area contributed by atoms with Gasteiger partial charge in [-0.25, -0.2) is 0 Å². The third kappa shape index (κ3) is 3.58. The topological polar surface area (TPSA) is 12.0 Å². The molecule has 2 aromatic rings. The summed E-state index contributed by atoms with van der Waals surface area (Å²) in [6, 6.07) is 16.6. The Morgan fingerprint density at radius 2 is 1.78 bits per heavy atom. The first kappa shape index (κ1) is 13.6. The van der Waals surface area contributed by atoms with Gasteiger partial charge in [0.2, 0.25) is 0 Å². The molecule has 0 aliphatic heterocycles. The SMILES string of the molecule is CC(NCc1ccccc1Cl)c1ccc(Br)cc1. The lowest BCUT2D eigenvalue weighted by molar-refractivity contribution is 0.575. The molecule has 0 amide bonds. The monoisotopic (exact) mass is 323 g/mol. The maximum atomic E-state index is 6.13. The molecule has 0 aromatic heterocycles. The number of benzene rings is 2. The predicted molar refractivity (Wildman–Crippen MR) is 80.8 cm³/mol. The van der Waals surface area contributed by atoms with Gasteiger partial charge in [0.15, 0.2) is 0 Å². The zero-order valence-electron chi connectivity index (χ0n) is 10.2. The van der Waals surface area contributed by atoms with Gasteiger partial charge in [-0.15, -0.1) is 0 Å². The third-order valence-electron chi connectivity index (χ3n) is 2.93. The van der Waals surface area contributed by atoms with E-state index in [1.165, 1.54) is 5.56 Å². The molecular weight excluding hydrogens is 310 g/mol. The minimum Gasteiger partial charge on any atom is -0.306 e. The average Bonchev–Trinajstić information content (AvgIpc) is 2.38. The first-order chi connectivity index (χ1) is 8.66. The maximum Gasteiger partial charge on any atom is 0.0450 e. The van der Waals surface area contributed by atoms with Crippen LogP contribution in [-0.4, -0.2) is 0 Å². The van der Waals surface area contributed by atoms with E-state index >= 15 is 0 Å². The second-order valence-corrected chi connectivity index (χ2v) is 5.57. The molecule has 1 N–H and O–H groups in total. The number of halogens is 2. The summed E-state index contributed by atoms with van der Waals surface area (Å²) in [5.41, 5.74) is 2.40. The summed E-state index contributed by atoms with van der Waals surface area (Å²) in [4.78, 5) is 0. The molecule has 1 nitrogen and oxygen atoms in total. The molecule has 18 heavy (non-hydrogen) atoms. The second kappa shape index (κ2) is 6.37. The Bertz CT molecular complexity index is 510. The highest BCUT2D eigenvalue weighted by atomic mass is 79.9. The third-order valence-corrected chi connectivity index (χ3v) is 3.82. The second-order valence-electron chi connectivity index (χ2n) is 4.25. The summed E-state index contributed by atoms with van der Waals surface area (Å²) in [5.74, 6) is 0. The van der Waals surface area contributed by atoms with Crippen molar-refractivity contribution in [1.82, 2.24) is 5.32 Å². The van der Waals surface area contributed by atoms with Crippen LogP contribution >= 0.6 is 27.5 Å². The van der Waals surface area contributed by atoms with Gasteiger partial charge in [0.1, 0.15) is 0 Å². The summed E-state index contributed by atoms with van der Waals surface area (Å²) in [5, 5.41) is 4.29. The Morgan fingerprint density at radius 1 is 1.11 bits per heavy atom. The van der Waals surface area contributed by atoms with Crippen molar-refractivity contribution in [2.24, 2.45) is 0 Å². The molecule has 0 spiro atoms. The van der Waals surface area contributed by atoms with Crippen LogP contribution in [0.1, 0.15) is 24.1 Å². The fourth-order valence-corrected chi connectivity index (χ4v) is 2.24. The van der Waals surface area contributed by atoms with E-state index < -0.39 is 0 Å². The quantitative estimate of drug-likeness (QED) is 0.838. The minimum atomic E-state index is 0.300. The van der Waals surface area contributed by atoms with E-state index in [2.05, 4.69) is 52.4 Å². The first-order valence-corrected chi connectivity index (χ1v) is 7.06. The Kier molecular flexibility index (Phi) is 4.81. The Balaban J connectivity index is 1.98. The highest BCUT2D eigenvalue weighted by Crippen LogP contribution is 2.19. The van der Waals surface area contributed by atoms with Gasteiger partial charge >= 0.3 is 0 Å². The Hall–Kier alpha value is -0.830. The van der Waals surface area contributed by atoms with Crippen molar-refractivity contribution in [2.75, 3.05) is 0 Å². The minimum absolute atomic E-state index is 0.300. The number of hydrogen-bond donors (Lipinski definition) is 1. The molecule has 94 valence electrons. The summed E-state index contributed by atoms with van der Waals surface area (Å²) >= 11 is 9.57. The molecule has 0 heterocycles. The average molecular weight is 325 g/mol. The largest absolute Gasteiger partial charge is 0.306 e. The molecule has 0 radical (unpaired) electrons. The van der Waals surface area contributed by atoms with Gasteiger partial charge in [0.05, 0.1) is 0 Å². The van der Waals surface area contributed by atoms with Crippen LogP contribution in [0.2, 0.25) is 5.02 Å². The van der Waals surface area contributed by atoms with Crippen LogP contribution in [-0.2, 0) is 6.54 Å². The highest BCUT2D eigenvalue weighted by molar-refractivity contribution is 9.10. The highest BCUT2D eigenvalue weighted by Gasteiger charge is 2.05. The fraction of sp³-hybridized carbons (Fsp3) is 0.200. The van der Waals surface area contributed by atoms with Gasteiger partial charge in [0.25, 0.3) is 0 Å². The molecular formula is C15H15BrClN. The summed E-state index contributed by atoms with van der Waals surface area (Å²) < 4.78 is 1.10. The molecule has 0 bridgehead atoms. The van der Waals surface area contributed by atoms with Crippen molar-refractivity contribution in [1.29, 1.82) is 0 Å². The molecule has 1 atom stereocenters. The van der Waals surface area contributed by atoms with Gasteiger partial charge in [-0.2, -0.15) is 0 Å². The standard InChI is InChI=1S/C15H15BrClN/c1-11(12-6-8-14(16)9-7-12)18-10-13-4-2-3-5-15(13)17/h2-9,11,18H,10H2,1H3. The zero-order valence-corrected chi connectivity index (χ0v) is 12.5. The van der Waals surface area contributed by atoms with Crippen molar-refractivity contribution in [3.8, 4) is 0 Å². The van der Waals surface area contributed by atoms with Crippen molar-refractivity contribution in [3.05, 3.63) is 69.2 Å². The number of nitrogens with one attached hydrogen (secondary N) is 1. The van der Waals surface area contributed by atoms with Crippen LogP contribution in [0.15, 0.2) is 53.0 Å². The predicted octanol–water partition coefficient (Wildman–Crippen LogP) is 4.95. The first-order valence-electron chi connectivity index (χ1n) is 5.89. The van der Waals surface area contributed by atoms with Gasteiger partial charge < -0.3 is 5.32 Å². The molecule has 2 rings (SSSR count). The lowest BCUT2D eigenvalue weighted by Gasteiger charge is -2.15. The zero-order chi connectivity index (χ0) is 13.0. The van der Waals surface area contributed by atoms with Crippen molar-refractivity contribution in [2.45, 2.75) is 19.5 Å². The Labute approximate surface area is 121 Å². The van der Waals surface area contributed by atoms with Crippen LogP contribution < -0.4 is 5.32 Å². The summed E-state index contributed by atoms with van der Waals surface area (Å²) in [6.07, 6.45) is 0. The molecule has 1 unspecified atom stereocenters. The lowest BCUT2D eigenvalue weighted by Crippen LogP contribution is -2.18. The Morgan fingerprint density at radius 3 is 2.44 bits per heavy atom. The van der Waals surface area contributed by atoms with E-state index in [1.54, 1.807) is 0 Å². The van der Waals surface area contributed by atoms with E-state index in [-0.39, 0.29) is 0 Å². The van der Waals surface area contributed by atoms with Crippen LogP contribution in [0.4, 0.5) is 0 Å². The molecule has 0 aliphatic rings. The molecule has 0 saturated carbocycles. The molecule has 0 saturated heterocycles. The van der Waals surface area contributed by atoms with Crippen LogP contribution in [0.25, 0.3) is 0 Å². The van der Waals surface area contributed by atoms with Gasteiger partial charge in [-0.05, 0) is 36.2 Å². The van der Waals surface area contributed by atoms with Gasteiger partial charge in [-0.1, -0.05) is 57.9 Å². The summed E-state index contributed by atoms with van der Waals surface area (Å²) in [6.45, 7) is 2.93. The van der Waals surface area contributed by atoms with Crippen LogP contribution in [0.3, 0.4) is 0 Å². The lowest BCUT2D eigenvalue weighted by atomic mass is 10.1. The molecule has 3 heteroatoms. The van der Waals surface area contributed by atoms with Crippen molar-refractivity contribution in [3.63, 3.8) is 0 Å². The van der Waals surface area contributed by atoms with E-state index in [1.807, 2.05) is 24.3 Å². The smallest absolute Gasteiger partial charge is 0.0450 e.